The Morgan fingerprint density at radius 3 is 2.40 bits per heavy atom. The second-order valence-electron chi connectivity index (χ2n) is 5.91. The number of hydrogen-bond acceptors (Lipinski definition) is 6. The van der Waals surface area contributed by atoms with Gasteiger partial charge in [0.1, 0.15) is 16.7 Å². The molecule has 0 spiro atoms. The lowest BCUT2D eigenvalue weighted by molar-refractivity contribution is 0.0243. The lowest BCUT2D eigenvalue weighted by atomic mass is 10.1. The predicted octanol–water partition coefficient (Wildman–Crippen LogP) is 0.963. The topological polar surface area (TPSA) is 102 Å². The van der Waals surface area contributed by atoms with E-state index in [9.17, 15) is 18.3 Å². The van der Waals surface area contributed by atoms with E-state index in [1.165, 1.54) is 22.5 Å². The van der Waals surface area contributed by atoms with Gasteiger partial charge < -0.3 is 19.3 Å². The number of carboxylic acids is 1. The largest absolute Gasteiger partial charge is 0.489 e. The first-order valence-corrected chi connectivity index (χ1v) is 9.62. The summed E-state index contributed by atoms with van der Waals surface area (Å²) in [5.41, 5.74) is -0.0915. The first-order chi connectivity index (χ1) is 12.0. The second kappa shape index (κ2) is 7.69. The Balaban J connectivity index is 1.95. The van der Waals surface area contributed by atoms with Gasteiger partial charge >= 0.3 is 5.97 Å². The van der Waals surface area contributed by atoms with Gasteiger partial charge in [0.2, 0.25) is 10.0 Å². The van der Waals surface area contributed by atoms with Gasteiger partial charge in [-0.05, 0) is 18.2 Å². The number of rotatable bonds is 5. The third kappa shape index (κ3) is 4.12. The summed E-state index contributed by atoms with van der Waals surface area (Å²) in [4.78, 5) is 11.2. The van der Waals surface area contributed by atoms with Gasteiger partial charge in [-0.15, -0.1) is 0 Å². The van der Waals surface area contributed by atoms with Gasteiger partial charge in [-0.25, -0.2) is 13.2 Å². The number of morpholine rings is 1. The van der Waals surface area contributed by atoms with Gasteiger partial charge in [0.05, 0.1) is 32.0 Å². The van der Waals surface area contributed by atoms with Gasteiger partial charge in [0.25, 0.3) is 0 Å². The maximum Gasteiger partial charge on any atom is 0.335 e. The Bertz CT molecular complexity index is 722. The van der Waals surface area contributed by atoms with Gasteiger partial charge in [0, 0.05) is 25.9 Å². The molecule has 2 heterocycles. The standard InChI is InChI=1S/C16H21NO7S/c18-16(19)12-1-2-14(24-13-3-7-22-8-4-13)15(11-12)25(20,21)17-5-9-23-10-6-17/h1-2,11,13H,3-10H2,(H,18,19). The van der Waals surface area contributed by atoms with Gasteiger partial charge in [0.15, 0.2) is 0 Å². The molecule has 0 aliphatic carbocycles. The lowest BCUT2D eigenvalue weighted by Crippen LogP contribution is -2.41. The summed E-state index contributed by atoms with van der Waals surface area (Å²) in [5, 5.41) is 9.21. The number of benzene rings is 1. The number of sulfonamides is 1. The van der Waals surface area contributed by atoms with E-state index in [1.807, 2.05) is 0 Å². The van der Waals surface area contributed by atoms with E-state index in [0.29, 0.717) is 39.3 Å². The molecule has 0 bridgehead atoms. The zero-order chi connectivity index (χ0) is 17.9. The fraction of sp³-hybridized carbons (Fsp3) is 0.562. The number of hydrogen-bond donors (Lipinski definition) is 1. The molecule has 2 fully saturated rings. The highest BCUT2D eigenvalue weighted by Crippen LogP contribution is 2.30. The van der Waals surface area contributed by atoms with Crippen LogP contribution in [0.15, 0.2) is 23.1 Å². The Hall–Kier alpha value is -1.68. The summed E-state index contributed by atoms with van der Waals surface area (Å²) in [5.74, 6) is -1.00. The Morgan fingerprint density at radius 1 is 1.12 bits per heavy atom. The Morgan fingerprint density at radius 2 is 1.76 bits per heavy atom. The molecule has 1 aromatic rings. The van der Waals surface area contributed by atoms with Crippen molar-refractivity contribution in [1.29, 1.82) is 0 Å². The molecule has 8 nitrogen and oxygen atoms in total. The maximum atomic E-state index is 13.0. The Kier molecular flexibility index (Phi) is 5.57. The lowest BCUT2D eigenvalue weighted by Gasteiger charge is -2.28. The van der Waals surface area contributed by atoms with E-state index in [1.54, 1.807) is 0 Å². The predicted molar refractivity (Wildman–Crippen MR) is 87.4 cm³/mol. The molecule has 2 aliphatic heterocycles. The van der Waals surface area contributed by atoms with Crippen molar-refractivity contribution in [2.24, 2.45) is 0 Å². The van der Waals surface area contributed by atoms with Crippen molar-refractivity contribution in [3.8, 4) is 5.75 Å². The summed E-state index contributed by atoms with van der Waals surface area (Å²) in [6.45, 7) is 2.21. The van der Waals surface area contributed by atoms with Crippen LogP contribution in [0.1, 0.15) is 23.2 Å². The van der Waals surface area contributed by atoms with Gasteiger partial charge in [-0.1, -0.05) is 0 Å². The minimum atomic E-state index is -3.87. The van der Waals surface area contributed by atoms with E-state index in [2.05, 4.69) is 0 Å². The van der Waals surface area contributed by atoms with E-state index in [0.717, 1.165) is 0 Å². The van der Waals surface area contributed by atoms with Crippen molar-refractivity contribution in [2.45, 2.75) is 23.8 Å². The van der Waals surface area contributed by atoms with E-state index in [-0.39, 0.29) is 35.4 Å². The Labute approximate surface area is 146 Å². The highest BCUT2D eigenvalue weighted by molar-refractivity contribution is 7.89. The van der Waals surface area contributed by atoms with Crippen LogP contribution in [0, 0.1) is 0 Å². The highest BCUT2D eigenvalue weighted by atomic mass is 32.2. The minimum Gasteiger partial charge on any atom is -0.489 e. The van der Waals surface area contributed by atoms with Crippen LogP contribution in [0.4, 0.5) is 0 Å². The molecular weight excluding hydrogens is 350 g/mol. The van der Waals surface area contributed by atoms with E-state index < -0.39 is 16.0 Å². The molecule has 0 amide bonds. The van der Waals surface area contributed by atoms with Gasteiger partial charge in [-0.3, -0.25) is 0 Å². The van der Waals surface area contributed by atoms with Crippen LogP contribution >= 0.6 is 0 Å². The van der Waals surface area contributed by atoms with Crippen LogP contribution in [-0.4, -0.2) is 69.4 Å². The molecule has 138 valence electrons. The fourth-order valence-corrected chi connectivity index (χ4v) is 4.39. The van der Waals surface area contributed by atoms with Crippen LogP contribution < -0.4 is 4.74 Å². The molecule has 3 rings (SSSR count). The van der Waals surface area contributed by atoms with Crippen LogP contribution in [0.25, 0.3) is 0 Å². The first kappa shape index (κ1) is 18.1. The van der Waals surface area contributed by atoms with Gasteiger partial charge in [-0.2, -0.15) is 4.31 Å². The summed E-state index contributed by atoms with van der Waals surface area (Å²) in [6.07, 6.45) is 1.18. The zero-order valence-corrected chi connectivity index (χ0v) is 14.5. The fourth-order valence-electron chi connectivity index (χ4n) is 2.84. The van der Waals surface area contributed by atoms with Crippen LogP contribution in [0.2, 0.25) is 0 Å². The molecular formula is C16H21NO7S. The third-order valence-electron chi connectivity index (χ3n) is 4.24. The third-order valence-corrected chi connectivity index (χ3v) is 6.16. The highest BCUT2D eigenvalue weighted by Gasteiger charge is 2.31. The number of carboxylic acid groups (broad SMARTS) is 1. The molecule has 9 heteroatoms. The minimum absolute atomic E-state index is 0.0915. The summed E-state index contributed by atoms with van der Waals surface area (Å²) in [7, 11) is -3.87. The van der Waals surface area contributed by atoms with Crippen molar-refractivity contribution in [1.82, 2.24) is 4.31 Å². The van der Waals surface area contributed by atoms with Crippen molar-refractivity contribution >= 4 is 16.0 Å². The molecule has 0 unspecified atom stereocenters. The number of aromatic carboxylic acids is 1. The average molecular weight is 371 g/mol. The molecule has 0 atom stereocenters. The molecule has 25 heavy (non-hydrogen) atoms. The molecule has 0 aromatic heterocycles. The van der Waals surface area contributed by atoms with Crippen molar-refractivity contribution in [3.63, 3.8) is 0 Å². The first-order valence-electron chi connectivity index (χ1n) is 8.18. The molecule has 2 aliphatic rings. The van der Waals surface area contributed by atoms with Crippen molar-refractivity contribution in [3.05, 3.63) is 23.8 Å². The van der Waals surface area contributed by atoms with E-state index >= 15 is 0 Å². The molecule has 2 saturated heterocycles. The average Bonchev–Trinajstić information content (AvgIpc) is 2.63. The van der Waals surface area contributed by atoms with Crippen molar-refractivity contribution in [2.75, 3.05) is 39.5 Å². The molecule has 1 N–H and O–H groups in total. The quantitative estimate of drug-likeness (QED) is 0.822. The molecule has 0 radical (unpaired) electrons. The number of carbonyl (C=O) groups is 1. The summed E-state index contributed by atoms with van der Waals surface area (Å²) in [6, 6.07) is 3.95. The summed E-state index contributed by atoms with van der Waals surface area (Å²) < 4.78 is 43.7. The maximum absolute atomic E-state index is 13.0. The van der Waals surface area contributed by atoms with Crippen LogP contribution in [-0.2, 0) is 19.5 Å². The zero-order valence-electron chi connectivity index (χ0n) is 13.7. The SMILES string of the molecule is O=C(O)c1ccc(OC2CCOCC2)c(S(=O)(=O)N2CCOCC2)c1. The van der Waals surface area contributed by atoms with Crippen LogP contribution in [0.3, 0.4) is 0 Å². The summed E-state index contributed by atoms with van der Waals surface area (Å²) >= 11 is 0. The van der Waals surface area contributed by atoms with Crippen LogP contribution in [0.5, 0.6) is 5.75 Å². The molecule has 0 saturated carbocycles. The number of nitrogens with zero attached hydrogens (tertiary/aromatic N) is 1. The smallest absolute Gasteiger partial charge is 0.335 e. The van der Waals surface area contributed by atoms with E-state index in [4.69, 9.17) is 14.2 Å². The molecule has 1 aromatic carbocycles. The normalized spacial score (nSPS) is 20.3. The monoisotopic (exact) mass is 371 g/mol. The van der Waals surface area contributed by atoms with Crippen molar-refractivity contribution < 1.29 is 32.5 Å². The number of ether oxygens (including phenoxy) is 3. The second-order valence-corrected chi connectivity index (χ2v) is 7.82.